The van der Waals surface area contributed by atoms with Crippen LogP contribution in [0.25, 0.3) is 10.8 Å². The van der Waals surface area contributed by atoms with E-state index in [2.05, 4.69) is 21.3 Å². The molecule has 0 bridgehead atoms. The van der Waals surface area contributed by atoms with Crippen LogP contribution in [0.1, 0.15) is 12.8 Å². The highest BCUT2D eigenvalue weighted by Crippen LogP contribution is 2.29. The highest BCUT2D eigenvalue weighted by atomic mass is 16.4. The molecule has 1 fully saturated rings. The van der Waals surface area contributed by atoms with Crippen molar-refractivity contribution in [1.82, 2.24) is 4.98 Å². The predicted octanol–water partition coefficient (Wildman–Crippen LogP) is 2.58. The van der Waals surface area contributed by atoms with Crippen LogP contribution in [0.15, 0.2) is 30.5 Å². The molecule has 0 spiro atoms. The molecule has 21 heavy (non-hydrogen) atoms. The molecule has 1 aromatic heterocycles. The van der Waals surface area contributed by atoms with Crippen LogP contribution in [0.4, 0.5) is 11.5 Å². The highest BCUT2D eigenvalue weighted by molar-refractivity contribution is 5.94. The highest BCUT2D eigenvalue weighted by Gasteiger charge is 2.26. The van der Waals surface area contributed by atoms with E-state index in [0.29, 0.717) is 6.54 Å². The van der Waals surface area contributed by atoms with Gasteiger partial charge >= 0.3 is 5.97 Å². The molecule has 2 N–H and O–H groups in total. The Morgan fingerprint density at radius 3 is 3.05 bits per heavy atom. The van der Waals surface area contributed by atoms with E-state index in [9.17, 15) is 9.90 Å². The quantitative estimate of drug-likeness (QED) is 0.907. The first-order valence-corrected chi connectivity index (χ1v) is 7.23. The third kappa shape index (κ3) is 2.63. The second-order valence-electron chi connectivity index (χ2n) is 5.44. The molecule has 0 amide bonds. The number of hydrogen-bond acceptors (Lipinski definition) is 4. The van der Waals surface area contributed by atoms with Crippen LogP contribution >= 0.6 is 0 Å². The summed E-state index contributed by atoms with van der Waals surface area (Å²) < 4.78 is 0. The van der Waals surface area contributed by atoms with Crippen molar-refractivity contribution < 1.29 is 9.90 Å². The summed E-state index contributed by atoms with van der Waals surface area (Å²) in [6.07, 6.45) is 3.44. The number of carboxylic acid groups (broad SMARTS) is 1. The van der Waals surface area contributed by atoms with Crippen molar-refractivity contribution in [2.24, 2.45) is 5.92 Å². The van der Waals surface area contributed by atoms with E-state index in [4.69, 9.17) is 0 Å². The van der Waals surface area contributed by atoms with Crippen molar-refractivity contribution in [3.05, 3.63) is 30.5 Å². The Morgan fingerprint density at radius 2 is 2.29 bits per heavy atom. The SMILES string of the molecule is CNc1ccc2c(N3CCCC(C(=O)O)C3)nccc2c1. The fourth-order valence-electron chi connectivity index (χ4n) is 2.94. The molecule has 1 atom stereocenters. The number of aliphatic carboxylic acids is 1. The zero-order valence-electron chi connectivity index (χ0n) is 12.0. The number of carbonyl (C=O) groups is 1. The third-order valence-corrected chi connectivity index (χ3v) is 4.10. The van der Waals surface area contributed by atoms with Crippen LogP contribution < -0.4 is 10.2 Å². The van der Waals surface area contributed by atoms with Gasteiger partial charge in [-0.2, -0.15) is 0 Å². The zero-order valence-corrected chi connectivity index (χ0v) is 12.0. The van der Waals surface area contributed by atoms with Crippen LogP contribution in [0, 0.1) is 5.92 Å². The van der Waals surface area contributed by atoms with E-state index in [1.165, 1.54) is 0 Å². The number of rotatable bonds is 3. The van der Waals surface area contributed by atoms with Gasteiger partial charge in [-0.25, -0.2) is 4.98 Å². The van der Waals surface area contributed by atoms with E-state index in [1.807, 2.05) is 25.2 Å². The Bertz CT molecular complexity index is 672. The summed E-state index contributed by atoms with van der Waals surface area (Å²) in [5.74, 6) is -0.120. The van der Waals surface area contributed by atoms with Crippen LogP contribution in [0.2, 0.25) is 0 Å². The van der Waals surface area contributed by atoms with Gasteiger partial charge in [-0.1, -0.05) is 0 Å². The topological polar surface area (TPSA) is 65.5 Å². The van der Waals surface area contributed by atoms with Crippen LogP contribution in [0.5, 0.6) is 0 Å². The van der Waals surface area contributed by atoms with Gasteiger partial charge in [0.2, 0.25) is 0 Å². The van der Waals surface area contributed by atoms with Crippen molar-refractivity contribution in [2.45, 2.75) is 12.8 Å². The first kappa shape index (κ1) is 13.7. The molecule has 1 saturated heterocycles. The van der Waals surface area contributed by atoms with Gasteiger partial charge in [-0.3, -0.25) is 4.79 Å². The van der Waals surface area contributed by atoms with E-state index >= 15 is 0 Å². The number of piperidine rings is 1. The molecule has 2 aromatic rings. The van der Waals surface area contributed by atoms with Gasteiger partial charge in [0, 0.05) is 37.4 Å². The van der Waals surface area contributed by atoms with Gasteiger partial charge in [0.1, 0.15) is 5.82 Å². The molecule has 110 valence electrons. The third-order valence-electron chi connectivity index (χ3n) is 4.10. The monoisotopic (exact) mass is 285 g/mol. The molecule has 1 unspecified atom stereocenters. The minimum atomic E-state index is -0.711. The number of carboxylic acids is 1. The zero-order chi connectivity index (χ0) is 14.8. The standard InChI is InChI=1S/C16H19N3O2/c1-17-13-4-5-14-11(9-13)6-7-18-15(14)19-8-2-3-12(10-19)16(20)21/h4-7,9,12,17H,2-3,8,10H2,1H3,(H,20,21). The molecule has 3 rings (SSSR count). The maximum atomic E-state index is 11.2. The van der Waals surface area contributed by atoms with E-state index in [-0.39, 0.29) is 5.92 Å². The van der Waals surface area contributed by atoms with Gasteiger partial charge in [0.05, 0.1) is 5.92 Å². The molecule has 1 aliphatic rings. The Labute approximate surface area is 123 Å². The largest absolute Gasteiger partial charge is 0.481 e. The molecule has 0 radical (unpaired) electrons. The number of anilines is 2. The van der Waals surface area contributed by atoms with Gasteiger partial charge in [-0.05, 0) is 42.5 Å². The first-order valence-electron chi connectivity index (χ1n) is 7.23. The van der Waals surface area contributed by atoms with Crippen molar-refractivity contribution in [1.29, 1.82) is 0 Å². The maximum absolute atomic E-state index is 11.2. The smallest absolute Gasteiger partial charge is 0.308 e. The molecule has 2 heterocycles. The number of benzene rings is 1. The lowest BCUT2D eigenvalue weighted by Crippen LogP contribution is -2.39. The number of nitrogens with one attached hydrogen (secondary N) is 1. The van der Waals surface area contributed by atoms with Crippen LogP contribution in [-0.2, 0) is 4.79 Å². The molecule has 0 saturated carbocycles. The van der Waals surface area contributed by atoms with E-state index in [0.717, 1.165) is 41.7 Å². The molecule has 0 aliphatic carbocycles. The van der Waals surface area contributed by atoms with Crippen molar-refractivity contribution in [2.75, 3.05) is 30.4 Å². The summed E-state index contributed by atoms with van der Waals surface area (Å²) in [6.45, 7) is 1.40. The maximum Gasteiger partial charge on any atom is 0.308 e. The summed E-state index contributed by atoms with van der Waals surface area (Å²) in [5, 5.41) is 14.5. The van der Waals surface area contributed by atoms with Gasteiger partial charge in [-0.15, -0.1) is 0 Å². The Hall–Kier alpha value is -2.30. The van der Waals surface area contributed by atoms with Crippen LogP contribution in [-0.4, -0.2) is 36.2 Å². The Kier molecular flexibility index (Phi) is 3.64. The predicted molar refractivity (Wildman–Crippen MR) is 83.9 cm³/mol. The number of fused-ring (bicyclic) bond motifs is 1. The summed E-state index contributed by atoms with van der Waals surface area (Å²) in [6, 6.07) is 8.14. The summed E-state index contributed by atoms with van der Waals surface area (Å²) >= 11 is 0. The number of nitrogens with zero attached hydrogens (tertiary/aromatic N) is 2. The van der Waals surface area contributed by atoms with Crippen LogP contribution in [0.3, 0.4) is 0 Å². The lowest BCUT2D eigenvalue weighted by atomic mass is 9.98. The Balaban J connectivity index is 1.98. The fraction of sp³-hybridized carbons (Fsp3) is 0.375. The molecular formula is C16H19N3O2. The average Bonchev–Trinajstić information content (AvgIpc) is 2.53. The lowest BCUT2D eigenvalue weighted by molar-refractivity contribution is -0.141. The first-order chi connectivity index (χ1) is 10.2. The molecule has 1 aliphatic heterocycles. The lowest BCUT2D eigenvalue weighted by Gasteiger charge is -2.32. The number of pyridine rings is 1. The second kappa shape index (κ2) is 5.60. The van der Waals surface area contributed by atoms with Crippen molar-refractivity contribution in [3.63, 3.8) is 0 Å². The summed E-state index contributed by atoms with van der Waals surface area (Å²) in [5.41, 5.74) is 1.06. The van der Waals surface area contributed by atoms with Gasteiger partial charge < -0.3 is 15.3 Å². The Morgan fingerprint density at radius 1 is 1.43 bits per heavy atom. The molecule has 5 heteroatoms. The molecular weight excluding hydrogens is 266 g/mol. The summed E-state index contributed by atoms with van der Waals surface area (Å²) in [7, 11) is 1.89. The average molecular weight is 285 g/mol. The normalized spacial score (nSPS) is 18.7. The van der Waals surface area contributed by atoms with E-state index < -0.39 is 5.97 Å². The van der Waals surface area contributed by atoms with Crippen molar-refractivity contribution in [3.8, 4) is 0 Å². The second-order valence-corrected chi connectivity index (χ2v) is 5.44. The molecule has 1 aromatic carbocycles. The van der Waals surface area contributed by atoms with Crippen molar-refractivity contribution >= 4 is 28.2 Å². The van der Waals surface area contributed by atoms with E-state index in [1.54, 1.807) is 6.20 Å². The van der Waals surface area contributed by atoms with Gasteiger partial charge in [0.15, 0.2) is 0 Å². The minimum Gasteiger partial charge on any atom is -0.481 e. The van der Waals surface area contributed by atoms with Gasteiger partial charge in [0.25, 0.3) is 0 Å². The fourth-order valence-corrected chi connectivity index (χ4v) is 2.94. The summed E-state index contributed by atoms with van der Waals surface area (Å²) in [4.78, 5) is 17.8. The number of hydrogen-bond donors (Lipinski definition) is 2. The number of aromatic nitrogens is 1. The molecule has 5 nitrogen and oxygen atoms in total. The minimum absolute atomic E-state index is 0.299.